The minimum absolute atomic E-state index is 0.718. The van der Waals surface area contributed by atoms with Crippen LogP contribution in [0, 0.1) is 0 Å². The predicted octanol–water partition coefficient (Wildman–Crippen LogP) is 4.50. The molecule has 1 nitrogen and oxygen atoms in total. The maximum atomic E-state index is 10.9. The number of unbranched alkanes of at least 4 members (excludes halogenated alkanes) is 2. The van der Waals surface area contributed by atoms with Crippen molar-refractivity contribution in [3.63, 3.8) is 0 Å². The Morgan fingerprint density at radius 2 is 1.94 bits per heavy atom. The number of halogens is 1. The Morgan fingerprint density at radius 1 is 1.25 bits per heavy atom. The predicted molar refractivity (Wildman–Crippen MR) is 69.6 cm³/mol. The topological polar surface area (TPSA) is 17.1 Å². The SMILES string of the molecule is CCCCC/C(C=O)=C\c1ccc(Cl)cc1. The van der Waals surface area contributed by atoms with Gasteiger partial charge in [-0.15, -0.1) is 0 Å². The summed E-state index contributed by atoms with van der Waals surface area (Å²) in [6, 6.07) is 7.51. The Bertz CT molecular complexity index is 352. The summed E-state index contributed by atoms with van der Waals surface area (Å²) in [7, 11) is 0. The van der Waals surface area contributed by atoms with Gasteiger partial charge in [0.2, 0.25) is 0 Å². The molecular weight excluding hydrogens is 220 g/mol. The van der Waals surface area contributed by atoms with Crippen LogP contribution in [0.5, 0.6) is 0 Å². The zero-order valence-corrected chi connectivity index (χ0v) is 10.3. The van der Waals surface area contributed by atoms with Crippen molar-refractivity contribution in [3.8, 4) is 0 Å². The first-order valence-corrected chi connectivity index (χ1v) is 6.05. The first-order valence-electron chi connectivity index (χ1n) is 5.67. The zero-order valence-electron chi connectivity index (χ0n) is 9.58. The van der Waals surface area contributed by atoms with Crippen LogP contribution in [0.1, 0.15) is 38.2 Å². The molecule has 0 radical (unpaired) electrons. The molecule has 0 aliphatic carbocycles. The van der Waals surface area contributed by atoms with Crippen LogP contribution >= 0.6 is 11.6 Å². The summed E-state index contributed by atoms with van der Waals surface area (Å²) >= 11 is 5.79. The normalized spacial score (nSPS) is 11.5. The molecule has 0 atom stereocenters. The molecule has 86 valence electrons. The Balaban J connectivity index is 2.64. The third-order valence-electron chi connectivity index (χ3n) is 2.44. The van der Waals surface area contributed by atoms with Gasteiger partial charge >= 0.3 is 0 Å². The number of hydrogen-bond acceptors (Lipinski definition) is 1. The monoisotopic (exact) mass is 236 g/mol. The van der Waals surface area contributed by atoms with Gasteiger partial charge in [0.25, 0.3) is 0 Å². The van der Waals surface area contributed by atoms with Gasteiger partial charge in [-0.1, -0.05) is 43.5 Å². The number of carbonyl (C=O) groups excluding carboxylic acids is 1. The van der Waals surface area contributed by atoms with Crippen molar-refractivity contribution in [2.45, 2.75) is 32.6 Å². The molecule has 16 heavy (non-hydrogen) atoms. The molecule has 0 N–H and O–H groups in total. The lowest BCUT2D eigenvalue weighted by molar-refractivity contribution is -0.105. The molecule has 0 amide bonds. The minimum atomic E-state index is 0.718. The highest BCUT2D eigenvalue weighted by Crippen LogP contribution is 2.14. The van der Waals surface area contributed by atoms with E-state index in [4.69, 9.17) is 11.6 Å². The number of carbonyl (C=O) groups is 1. The molecule has 0 saturated carbocycles. The summed E-state index contributed by atoms with van der Waals surface area (Å²) in [4.78, 5) is 10.9. The number of aldehydes is 1. The van der Waals surface area contributed by atoms with Crippen LogP contribution < -0.4 is 0 Å². The average Bonchev–Trinajstić information content (AvgIpc) is 2.31. The molecular formula is C14H17ClO. The highest BCUT2D eigenvalue weighted by molar-refractivity contribution is 6.30. The third kappa shape index (κ3) is 4.63. The van der Waals surface area contributed by atoms with Gasteiger partial charge in [-0.2, -0.15) is 0 Å². The van der Waals surface area contributed by atoms with Crippen LogP contribution in [0.4, 0.5) is 0 Å². The maximum absolute atomic E-state index is 10.9. The smallest absolute Gasteiger partial charge is 0.146 e. The van der Waals surface area contributed by atoms with E-state index in [0.29, 0.717) is 0 Å². The Morgan fingerprint density at radius 3 is 2.50 bits per heavy atom. The highest BCUT2D eigenvalue weighted by atomic mass is 35.5. The van der Waals surface area contributed by atoms with Crippen LogP contribution in [0.15, 0.2) is 29.8 Å². The molecule has 1 rings (SSSR count). The minimum Gasteiger partial charge on any atom is -0.298 e. The van der Waals surface area contributed by atoms with Crippen molar-refractivity contribution in [3.05, 3.63) is 40.4 Å². The number of hydrogen-bond donors (Lipinski definition) is 0. The van der Waals surface area contributed by atoms with Gasteiger partial charge in [0.15, 0.2) is 0 Å². The van der Waals surface area contributed by atoms with Gasteiger partial charge in [-0.05, 0) is 42.2 Å². The molecule has 1 aromatic carbocycles. The Hall–Kier alpha value is -1.08. The van der Waals surface area contributed by atoms with E-state index in [2.05, 4.69) is 6.92 Å². The highest BCUT2D eigenvalue weighted by Gasteiger charge is 1.96. The fraction of sp³-hybridized carbons (Fsp3) is 0.357. The van der Waals surface area contributed by atoms with E-state index in [9.17, 15) is 4.79 Å². The first-order chi connectivity index (χ1) is 7.76. The van der Waals surface area contributed by atoms with E-state index in [0.717, 1.165) is 35.3 Å². The quantitative estimate of drug-likeness (QED) is 0.404. The lowest BCUT2D eigenvalue weighted by Crippen LogP contribution is -1.86. The Labute approximate surface area is 102 Å². The van der Waals surface area contributed by atoms with Gasteiger partial charge in [0.1, 0.15) is 6.29 Å². The summed E-state index contributed by atoms with van der Waals surface area (Å²) in [5.41, 5.74) is 1.89. The number of rotatable bonds is 6. The molecule has 0 aliphatic rings. The molecule has 0 heterocycles. The molecule has 0 fully saturated rings. The van der Waals surface area contributed by atoms with Crippen molar-refractivity contribution < 1.29 is 4.79 Å². The molecule has 0 aliphatic heterocycles. The molecule has 0 spiro atoms. The van der Waals surface area contributed by atoms with Crippen LogP contribution in [0.2, 0.25) is 5.02 Å². The van der Waals surface area contributed by atoms with E-state index in [1.165, 1.54) is 12.8 Å². The second kappa shape index (κ2) is 7.24. The standard InChI is InChI=1S/C14H17ClO/c1-2-3-4-5-13(11-16)10-12-6-8-14(15)9-7-12/h6-11H,2-5H2,1H3/b13-10+. The molecule has 1 aromatic rings. The third-order valence-corrected chi connectivity index (χ3v) is 2.69. The molecule has 0 bridgehead atoms. The zero-order chi connectivity index (χ0) is 11.8. The van der Waals surface area contributed by atoms with Crippen molar-refractivity contribution in [2.75, 3.05) is 0 Å². The van der Waals surface area contributed by atoms with Crippen LogP contribution in [-0.2, 0) is 4.79 Å². The average molecular weight is 237 g/mol. The largest absolute Gasteiger partial charge is 0.298 e. The van der Waals surface area contributed by atoms with Gasteiger partial charge < -0.3 is 0 Å². The van der Waals surface area contributed by atoms with Gasteiger partial charge in [0, 0.05) is 5.02 Å². The van der Waals surface area contributed by atoms with E-state index < -0.39 is 0 Å². The first kappa shape index (κ1) is 13.0. The van der Waals surface area contributed by atoms with Gasteiger partial charge in [-0.25, -0.2) is 0 Å². The fourth-order valence-corrected chi connectivity index (χ4v) is 1.64. The van der Waals surface area contributed by atoms with Gasteiger partial charge in [0.05, 0.1) is 0 Å². The second-order valence-corrected chi connectivity index (χ2v) is 4.28. The van der Waals surface area contributed by atoms with E-state index in [-0.39, 0.29) is 0 Å². The van der Waals surface area contributed by atoms with Crippen LogP contribution in [0.3, 0.4) is 0 Å². The molecule has 2 heteroatoms. The van der Waals surface area contributed by atoms with E-state index >= 15 is 0 Å². The maximum Gasteiger partial charge on any atom is 0.146 e. The van der Waals surface area contributed by atoms with Crippen LogP contribution in [0.25, 0.3) is 6.08 Å². The summed E-state index contributed by atoms with van der Waals surface area (Å²) in [6.45, 7) is 2.16. The summed E-state index contributed by atoms with van der Waals surface area (Å²) < 4.78 is 0. The van der Waals surface area contributed by atoms with Crippen molar-refractivity contribution in [1.82, 2.24) is 0 Å². The van der Waals surface area contributed by atoms with E-state index in [1.807, 2.05) is 30.3 Å². The van der Waals surface area contributed by atoms with Crippen LogP contribution in [-0.4, -0.2) is 6.29 Å². The Kier molecular flexibility index (Phi) is 5.87. The molecule has 0 unspecified atom stereocenters. The lowest BCUT2D eigenvalue weighted by atomic mass is 10.1. The lowest BCUT2D eigenvalue weighted by Gasteiger charge is -2.00. The number of allylic oxidation sites excluding steroid dienone is 1. The van der Waals surface area contributed by atoms with Crippen molar-refractivity contribution in [1.29, 1.82) is 0 Å². The summed E-state index contributed by atoms with van der Waals surface area (Å²) in [6.07, 6.45) is 7.16. The fourth-order valence-electron chi connectivity index (χ4n) is 1.52. The second-order valence-electron chi connectivity index (χ2n) is 3.85. The molecule has 0 aromatic heterocycles. The van der Waals surface area contributed by atoms with E-state index in [1.54, 1.807) is 0 Å². The summed E-state index contributed by atoms with van der Waals surface area (Å²) in [5, 5.41) is 0.718. The van der Waals surface area contributed by atoms with Gasteiger partial charge in [-0.3, -0.25) is 4.79 Å². The summed E-state index contributed by atoms with van der Waals surface area (Å²) in [5.74, 6) is 0. The molecule has 0 saturated heterocycles. The van der Waals surface area contributed by atoms with Crippen molar-refractivity contribution in [2.24, 2.45) is 0 Å². The number of benzene rings is 1. The van der Waals surface area contributed by atoms with Crippen molar-refractivity contribution >= 4 is 24.0 Å².